The van der Waals surface area contributed by atoms with Gasteiger partial charge in [0.1, 0.15) is 11.4 Å². The van der Waals surface area contributed by atoms with E-state index in [1.807, 2.05) is 31.3 Å². The third kappa shape index (κ3) is 2.05. The highest BCUT2D eigenvalue weighted by atomic mass is 19.1. The number of hydrogen-bond acceptors (Lipinski definition) is 2. The lowest BCUT2D eigenvalue weighted by Crippen LogP contribution is -2.44. The Morgan fingerprint density at radius 3 is 2.53 bits per heavy atom. The van der Waals surface area contributed by atoms with Gasteiger partial charge in [-0.1, -0.05) is 36.4 Å². The molecule has 1 aliphatic rings. The second-order valence-electron chi connectivity index (χ2n) is 5.20. The normalized spacial score (nSPS) is 23.1. The summed E-state index contributed by atoms with van der Waals surface area (Å²) < 4.78 is 13.1. The van der Waals surface area contributed by atoms with Crippen molar-refractivity contribution in [2.75, 3.05) is 13.6 Å². The lowest BCUT2D eigenvalue weighted by molar-refractivity contribution is 0.0282. The Kier molecular flexibility index (Phi) is 2.88. The first kappa shape index (κ1) is 12.3. The number of hydrogen-bond donors (Lipinski definition) is 1. The molecule has 0 amide bonds. The maximum atomic E-state index is 13.1. The first-order chi connectivity index (χ1) is 9.09. The molecular formula is C16H16FNO. The quantitative estimate of drug-likeness (QED) is 0.848. The van der Waals surface area contributed by atoms with E-state index in [-0.39, 0.29) is 5.82 Å². The minimum absolute atomic E-state index is 0.287. The van der Waals surface area contributed by atoms with E-state index >= 15 is 0 Å². The Labute approximate surface area is 112 Å². The minimum Gasteiger partial charge on any atom is -0.379 e. The fraction of sp³-hybridized carbons (Fsp3) is 0.250. The van der Waals surface area contributed by atoms with Crippen molar-refractivity contribution in [2.45, 2.75) is 12.1 Å². The predicted molar refractivity (Wildman–Crippen MR) is 72.2 cm³/mol. The molecule has 0 bridgehead atoms. The Bertz CT molecular complexity index is 596. The van der Waals surface area contributed by atoms with Crippen molar-refractivity contribution in [3.05, 3.63) is 71.0 Å². The summed E-state index contributed by atoms with van der Waals surface area (Å²) in [7, 11) is 1.98. The fourth-order valence-electron chi connectivity index (χ4n) is 2.86. The van der Waals surface area contributed by atoms with E-state index in [1.54, 1.807) is 12.1 Å². The predicted octanol–water partition coefficient (Wildman–Crippen LogP) is 2.51. The van der Waals surface area contributed by atoms with Gasteiger partial charge in [-0.15, -0.1) is 0 Å². The molecule has 1 heterocycles. The number of aliphatic hydroxyl groups is 1. The summed E-state index contributed by atoms with van der Waals surface area (Å²) in [6.45, 7) is 1.33. The van der Waals surface area contributed by atoms with E-state index < -0.39 is 5.60 Å². The van der Waals surface area contributed by atoms with Gasteiger partial charge in [-0.25, -0.2) is 4.39 Å². The van der Waals surface area contributed by atoms with E-state index in [1.165, 1.54) is 12.1 Å². The molecule has 2 aromatic carbocycles. The lowest BCUT2D eigenvalue weighted by Gasteiger charge is -2.39. The Morgan fingerprint density at radius 2 is 1.79 bits per heavy atom. The van der Waals surface area contributed by atoms with E-state index in [2.05, 4.69) is 4.90 Å². The van der Waals surface area contributed by atoms with Crippen LogP contribution in [0.2, 0.25) is 0 Å². The lowest BCUT2D eigenvalue weighted by atomic mass is 9.80. The molecule has 2 nitrogen and oxygen atoms in total. The third-order valence-electron chi connectivity index (χ3n) is 3.72. The highest BCUT2D eigenvalue weighted by molar-refractivity contribution is 5.43. The van der Waals surface area contributed by atoms with Crippen LogP contribution < -0.4 is 0 Å². The molecule has 19 heavy (non-hydrogen) atoms. The van der Waals surface area contributed by atoms with Crippen molar-refractivity contribution in [1.29, 1.82) is 0 Å². The van der Waals surface area contributed by atoms with Crippen LogP contribution in [0.4, 0.5) is 4.39 Å². The number of fused-ring (bicyclic) bond motifs is 1. The van der Waals surface area contributed by atoms with Gasteiger partial charge in [-0.3, -0.25) is 4.90 Å². The minimum atomic E-state index is -1.07. The van der Waals surface area contributed by atoms with Gasteiger partial charge in [0.15, 0.2) is 0 Å². The molecule has 1 atom stereocenters. The highest BCUT2D eigenvalue weighted by Gasteiger charge is 2.37. The number of nitrogens with zero attached hydrogens (tertiary/aromatic N) is 1. The molecule has 0 spiro atoms. The Hall–Kier alpha value is -1.71. The zero-order valence-corrected chi connectivity index (χ0v) is 10.8. The number of likely N-dealkylation sites (N-methyl/N-ethyl adjacent to an activating group) is 1. The molecule has 2 aromatic rings. The summed E-state index contributed by atoms with van der Waals surface area (Å²) in [5, 5.41) is 11.1. The molecule has 3 rings (SSSR count). The number of halogens is 1. The smallest absolute Gasteiger partial charge is 0.128 e. The van der Waals surface area contributed by atoms with Crippen LogP contribution >= 0.6 is 0 Å². The molecule has 1 unspecified atom stereocenters. The van der Waals surface area contributed by atoms with Gasteiger partial charge in [0.25, 0.3) is 0 Å². The monoisotopic (exact) mass is 257 g/mol. The van der Waals surface area contributed by atoms with Crippen molar-refractivity contribution in [3.8, 4) is 0 Å². The Balaban J connectivity index is 2.15. The largest absolute Gasteiger partial charge is 0.379 e. The topological polar surface area (TPSA) is 23.5 Å². The van der Waals surface area contributed by atoms with Crippen LogP contribution in [0.5, 0.6) is 0 Å². The van der Waals surface area contributed by atoms with Crippen LogP contribution in [0.3, 0.4) is 0 Å². The molecule has 1 N–H and O–H groups in total. The molecule has 0 saturated heterocycles. The second kappa shape index (κ2) is 4.44. The fourth-order valence-corrected chi connectivity index (χ4v) is 2.86. The summed E-state index contributed by atoms with van der Waals surface area (Å²) in [6, 6.07) is 14.0. The van der Waals surface area contributed by atoms with Gasteiger partial charge < -0.3 is 5.11 Å². The molecular weight excluding hydrogens is 241 g/mol. The van der Waals surface area contributed by atoms with E-state index in [4.69, 9.17) is 0 Å². The van der Waals surface area contributed by atoms with E-state index in [0.29, 0.717) is 6.54 Å². The maximum absolute atomic E-state index is 13.1. The molecule has 0 fully saturated rings. The zero-order chi connectivity index (χ0) is 13.5. The van der Waals surface area contributed by atoms with Gasteiger partial charge in [0.05, 0.1) is 0 Å². The molecule has 0 radical (unpaired) electrons. The highest BCUT2D eigenvalue weighted by Crippen LogP contribution is 2.36. The third-order valence-corrected chi connectivity index (χ3v) is 3.72. The summed E-state index contributed by atoms with van der Waals surface area (Å²) >= 11 is 0. The summed E-state index contributed by atoms with van der Waals surface area (Å²) in [4.78, 5) is 2.08. The average Bonchev–Trinajstić information content (AvgIpc) is 2.39. The summed E-state index contributed by atoms with van der Waals surface area (Å²) in [5.41, 5.74) is 1.69. The Morgan fingerprint density at radius 1 is 1.11 bits per heavy atom. The van der Waals surface area contributed by atoms with Crippen LogP contribution in [0.25, 0.3) is 0 Å². The maximum Gasteiger partial charge on any atom is 0.128 e. The van der Waals surface area contributed by atoms with Crippen molar-refractivity contribution in [2.24, 2.45) is 0 Å². The average molecular weight is 257 g/mol. The van der Waals surface area contributed by atoms with Crippen molar-refractivity contribution >= 4 is 0 Å². The molecule has 3 heteroatoms. The zero-order valence-electron chi connectivity index (χ0n) is 10.8. The van der Waals surface area contributed by atoms with E-state index in [9.17, 15) is 9.50 Å². The van der Waals surface area contributed by atoms with Crippen molar-refractivity contribution in [3.63, 3.8) is 0 Å². The van der Waals surface area contributed by atoms with Gasteiger partial charge in [0.2, 0.25) is 0 Å². The first-order valence-electron chi connectivity index (χ1n) is 6.35. The molecule has 0 aliphatic carbocycles. The van der Waals surface area contributed by atoms with Crippen molar-refractivity contribution in [1.82, 2.24) is 4.90 Å². The van der Waals surface area contributed by atoms with Crippen molar-refractivity contribution < 1.29 is 9.50 Å². The SMILES string of the molecule is CN1Cc2ccccc2C(O)(c2ccc(F)cc2)C1. The van der Waals surface area contributed by atoms with Crippen LogP contribution in [-0.2, 0) is 12.1 Å². The number of rotatable bonds is 1. The molecule has 98 valence electrons. The van der Waals surface area contributed by atoms with Gasteiger partial charge in [0, 0.05) is 13.1 Å². The molecule has 1 aliphatic heterocycles. The number of β-amino-alcohol motifs (C(OH)–C–C–N with tert-alkyl or cyclic N) is 1. The van der Waals surface area contributed by atoms with Crippen LogP contribution in [0.1, 0.15) is 16.7 Å². The second-order valence-corrected chi connectivity index (χ2v) is 5.20. The van der Waals surface area contributed by atoms with Crippen LogP contribution in [0.15, 0.2) is 48.5 Å². The van der Waals surface area contributed by atoms with E-state index in [0.717, 1.165) is 23.2 Å². The summed E-state index contributed by atoms with van der Waals surface area (Å²) in [6.07, 6.45) is 0. The van der Waals surface area contributed by atoms with Gasteiger partial charge in [-0.2, -0.15) is 0 Å². The van der Waals surface area contributed by atoms with Crippen LogP contribution in [-0.4, -0.2) is 23.6 Å². The standard InChI is InChI=1S/C16H16FNO/c1-18-10-12-4-2-3-5-15(12)16(19,11-18)13-6-8-14(17)9-7-13/h2-9,19H,10-11H2,1H3. The first-order valence-corrected chi connectivity index (χ1v) is 6.35. The van der Waals surface area contributed by atoms with Gasteiger partial charge >= 0.3 is 0 Å². The van der Waals surface area contributed by atoms with Gasteiger partial charge in [-0.05, 0) is 35.9 Å². The number of benzene rings is 2. The molecule has 0 aromatic heterocycles. The summed E-state index contributed by atoms with van der Waals surface area (Å²) in [5.74, 6) is -0.287. The molecule has 0 saturated carbocycles. The van der Waals surface area contributed by atoms with Crippen LogP contribution in [0, 0.1) is 5.82 Å².